The fourth-order valence-corrected chi connectivity index (χ4v) is 3.51. The van der Waals surface area contributed by atoms with Gasteiger partial charge in [-0.25, -0.2) is 9.97 Å². The number of halogens is 1. The van der Waals surface area contributed by atoms with E-state index >= 15 is 0 Å². The highest BCUT2D eigenvalue weighted by Crippen LogP contribution is 2.29. The van der Waals surface area contributed by atoms with Gasteiger partial charge in [0.1, 0.15) is 5.52 Å². The Morgan fingerprint density at radius 3 is 2.88 bits per heavy atom. The summed E-state index contributed by atoms with van der Waals surface area (Å²) in [5.41, 5.74) is 3.39. The molecule has 1 aliphatic heterocycles. The number of benzene rings is 1. The maximum Gasteiger partial charge on any atom is 0.227 e. The number of nitrogens with one attached hydrogen (secondary N) is 1. The van der Waals surface area contributed by atoms with Crippen LogP contribution in [0.1, 0.15) is 30.0 Å². The molecule has 1 fully saturated rings. The van der Waals surface area contributed by atoms with Gasteiger partial charge in [-0.15, -0.1) is 0 Å². The molecule has 0 spiro atoms. The maximum atomic E-state index is 12.7. The standard InChI is InChI=1S/C18H18ClN5O/c19-14-5-3-12(4-6-14)10-15(25)24-9-1-2-13(11-24)16-17-18(23-22-16)21-8-7-20-17/h3-8,13H,1-2,9-11H2,(H,21,22,23)/t13-/m1/s1. The first-order chi connectivity index (χ1) is 12.2. The van der Waals surface area contributed by atoms with E-state index in [1.807, 2.05) is 29.2 Å². The minimum atomic E-state index is 0.141. The first kappa shape index (κ1) is 16.0. The van der Waals surface area contributed by atoms with Gasteiger partial charge in [-0.1, -0.05) is 23.7 Å². The summed E-state index contributed by atoms with van der Waals surface area (Å²) in [6.07, 6.45) is 5.69. The number of hydrogen-bond donors (Lipinski definition) is 1. The molecular formula is C18H18ClN5O. The Balaban J connectivity index is 1.49. The predicted octanol–water partition coefficient (Wildman–Crippen LogP) is 2.96. The zero-order valence-electron chi connectivity index (χ0n) is 13.7. The van der Waals surface area contributed by atoms with Crippen molar-refractivity contribution >= 4 is 28.7 Å². The van der Waals surface area contributed by atoms with E-state index in [2.05, 4.69) is 20.2 Å². The molecule has 0 aliphatic carbocycles. The second-order valence-corrected chi connectivity index (χ2v) is 6.78. The zero-order chi connectivity index (χ0) is 17.2. The van der Waals surface area contributed by atoms with Gasteiger partial charge >= 0.3 is 0 Å². The van der Waals surface area contributed by atoms with Gasteiger partial charge in [0.25, 0.3) is 0 Å². The molecule has 3 aromatic rings. The van der Waals surface area contributed by atoms with Crippen molar-refractivity contribution in [3.8, 4) is 0 Å². The number of likely N-dealkylation sites (tertiary alicyclic amines) is 1. The van der Waals surface area contributed by atoms with Gasteiger partial charge in [0.05, 0.1) is 12.1 Å². The summed E-state index contributed by atoms with van der Waals surface area (Å²) < 4.78 is 0. The zero-order valence-corrected chi connectivity index (χ0v) is 14.4. The first-order valence-corrected chi connectivity index (χ1v) is 8.75. The third kappa shape index (κ3) is 3.35. The van der Waals surface area contributed by atoms with Crippen molar-refractivity contribution in [2.24, 2.45) is 0 Å². The van der Waals surface area contributed by atoms with Crippen LogP contribution in [0.2, 0.25) is 5.02 Å². The van der Waals surface area contributed by atoms with Crippen LogP contribution in [-0.4, -0.2) is 44.1 Å². The molecule has 0 unspecified atom stereocenters. The van der Waals surface area contributed by atoms with E-state index in [0.29, 0.717) is 23.6 Å². The van der Waals surface area contributed by atoms with Gasteiger partial charge in [-0.3, -0.25) is 9.89 Å². The second kappa shape index (κ2) is 6.80. The number of piperidine rings is 1. The van der Waals surface area contributed by atoms with Crippen molar-refractivity contribution in [2.75, 3.05) is 13.1 Å². The van der Waals surface area contributed by atoms with Gasteiger partial charge in [-0.05, 0) is 30.5 Å². The SMILES string of the molecule is O=C(Cc1ccc(Cl)cc1)N1CCC[C@@H](c2[nH]nc3nccnc23)C1. The Morgan fingerprint density at radius 2 is 2.04 bits per heavy atom. The molecule has 1 saturated heterocycles. The Kier molecular flexibility index (Phi) is 4.36. The normalized spacial score (nSPS) is 17.8. The molecule has 4 rings (SSSR count). The fourth-order valence-electron chi connectivity index (χ4n) is 3.38. The van der Waals surface area contributed by atoms with Gasteiger partial charge in [0.15, 0.2) is 5.65 Å². The van der Waals surface area contributed by atoms with E-state index in [-0.39, 0.29) is 11.8 Å². The highest BCUT2D eigenvalue weighted by molar-refractivity contribution is 6.30. The molecule has 1 atom stereocenters. The average molecular weight is 356 g/mol. The Labute approximate surface area is 150 Å². The van der Waals surface area contributed by atoms with Crippen LogP contribution < -0.4 is 0 Å². The van der Waals surface area contributed by atoms with Crippen LogP contribution in [0.15, 0.2) is 36.7 Å². The third-order valence-corrected chi connectivity index (χ3v) is 4.92. The van der Waals surface area contributed by atoms with Crippen LogP contribution in [0, 0.1) is 0 Å². The number of hydrogen-bond acceptors (Lipinski definition) is 4. The van der Waals surface area contributed by atoms with E-state index in [1.165, 1.54) is 0 Å². The van der Waals surface area contributed by atoms with Crippen molar-refractivity contribution in [3.63, 3.8) is 0 Å². The molecule has 0 radical (unpaired) electrons. The molecule has 0 saturated carbocycles. The van der Waals surface area contributed by atoms with Gasteiger partial charge in [0, 0.05) is 36.4 Å². The molecule has 3 heterocycles. The summed E-state index contributed by atoms with van der Waals surface area (Å²) in [7, 11) is 0. The molecule has 128 valence electrons. The van der Waals surface area contributed by atoms with Crippen molar-refractivity contribution in [1.29, 1.82) is 0 Å². The van der Waals surface area contributed by atoms with Crippen LogP contribution in [0.3, 0.4) is 0 Å². The lowest BCUT2D eigenvalue weighted by atomic mass is 9.94. The molecule has 1 aromatic carbocycles. The summed E-state index contributed by atoms with van der Waals surface area (Å²) in [6, 6.07) is 7.44. The second-order valence-electron chi connectivity index (χ2n) is 6.35. The summed E-state index contributed by atoms with van der Waals surface area (Å²) in [5, 5.41) is 7.98. The topological polar surface area (TPSA) is 74.8 Å². The summed E-state index contributed by atoms with van der Waals surface area (Å²) in [6.45, 7) is 1.47. The fraction of sp³-hybridized carbons (Fsp3) is 0.333. The smallest absolute Gasteiger partial charge is 0.227 e. The van der Waals surface area contributed by atoms with Crippen molar-refractivity contribution < 1.29 is 4.79 Å². The predicted molar refractivity (Wildman–Crippen MR) is 95.4 cm³/mol. The molecule has 25 heavy (non-hydrogen) atoms. The number of amides is 1. The Hall–Kier alpha value is -2.47. The van der Waals surface area contributed by atoms with Gasteiger partial charge in [0.2, 0.25) is 5.91 Å². The molecule has 0 bridgehead atoms. The molecular weight excluding hydrogens is 338 g/mol. The van der Waals surface area contributed by atoms with Crippen molar-refractivity contribution in [1.82, 2.24) is 25.1 Å². The number of carbonyl (C=O) groups is 1. The van der Waals surface area contributed by atoms with Crippen LogP contribution in [0.25, 0.3) is 11.2 Å². The number of nitrogens with zero attached hydrogens (tertiary/aromatic N) is 4. The Bertz CT molecular complexity index is 892. The molecule has 1 aliphatic rings. The lowest BCUT2D eigenvalue weighted by molar-refractivity contribution is -0.131. The quantitative estimate of drug-likeness (QED) is 0.783. The number of aromatic nitrogens is 4. The highest BCUT2D eigenvalue weighted by atomic mass is 35.5. The number of aromatic amines is 1. The van der Waals surface area contributed by atoms with Crippen LogP contribution in [0.4, 0.5) is 0 Å². The minimum Gasteiger partial charge on any atom is -0.342 e. The maximum absolute atomic E-state index is 12.7. The third-order valence-electron chi connectivity index (χ3n) is 4.67. The lowest BCUT2D eigenvalue weighted by Gasteiger charge is -2.32. The van der Waals surface area contributed by atoms with Crippen LogP contribution in [-0.2, 0) is 11.2 Å². The number of fused-ring (bicyclic) bond motifs is 1. The molecule has 1 N–H and O–H groups in total. The summed E-state index contributed by atoms with van der Waals surface area (Å²) in [4.78, 5) is 23.2. The molecule has 1 amide bonds. The van der Waals surface area contributed by atoms with Gasteiger partial charge < -0.3 is 4.90 Å². The minimum absolute atomic E-state index is 0.141. The first-order valence-electron chi connectivity index (χ1n) is 8.38. The van der Waals surface area contributed by atoms with E-state index in [9.17, 15) is 4.79 Å². The van der Waals surface area contributed by atoms with E-state index in [4.69, 9.17) is 11.6 Å². The molecule has 6 nitrogen and oxygen atoms in total. The Morgan fingerprint density at radius 1 is 1.24 bits per heavy atom. The van der Waals surface area contributed by atoms with Crippen molar-refractivity contribution in [2.45, 2.75) is 25.2 Å². The number of H-pyrrole nitrogens is 1. The lowest BCUT2D eigenvalue weighted by Crippen LogP contribution is -2.40. The molecule has 7 heteroatoms. The highest BCUT2D eigenvalue weighted by Gasteiger charge is 2.27. The summed E-state index contributed by atoms with van der Waals surface area (Å²) >= 11 is 5.91. The van der Waals surface area contributed by atoms with Gasteiger partial charge in [-0.2, -0.15) is 5.10 Å². The summed E-state index contributed by atoms with van der Waals surface area (Å²) in [5.74, 6) is 0.353. The number of carbonyl (C=O) groups excluding carboxylic acids is 1. The van der Waals surface area contributed by atoms with E-state index < -0.39 is 0 Å². The van der Waals surface area contributed by atoms with Crippen LogP contribution >= 0.6 is 11.6 Å². The van der Waals surface area contributed by atoms with Crippen molar-refractivity contribution in [3.05, 3.63) is 52.9 Å². The largest absolute Gasteiger partial charge is 0.342 e. The number of rotatable bonds is 3. The van der Waals surface area contributed by atoms with E-state index in [1.54, 1.807) is 12.4 Å². The average Bonchev–Trinajstić information content (AvgIpc) is 3.08. The van der Waals surface area contributed by atoms with E-state index in [0.717, 1.165) is 36.2 Å². The van der Waals surface area contributed by atoms with Crippen LogP contribution in [0.5, 0.6) is 0 Å². The molecule has 2 aromatic heterocycles. The monoisotopic (exact) mass is 355 g/mol.